The molecular weight excluding hydrogens is 246 g/mol. The number of likely N-dealkylation sites (N-methyl/N-ethyl adjacent to an activating group) is 1. The lowest BCUT2D eigenvalue weighted by Gasteiger charge is -2.41. The molecule has 3 nitrogen and oxygen atoms in total. The van der Waals surface area contributed by atoms with Gasteiger partial charge in [-0.05, 0) is 24.9 Å². The summed E-state index contributed by atoms with van der Waals surface area (Å²) in [7, 11) is 2.21. The van der Waals surface area contributed by atoms with Crippen LogP contribution in [0.1, 0.15) is 31.9 Å². The van der Waals surface area contributed by atoms with Crippen molar-refractivity contribution in [1.29, 1.82) is 0 Å². The third-order valence-electron chi connectivity index (χ3n) is 4.12. The Morgan fingerprint density at radius 1 is 1.20 bits per heavy atom. The Balaban J connectivity index is 2.05. The Morgan fingerprint density at radius 3 is 2.55 bits per heavy atom. The van der Waals surface area contributed by atoms with Crippen molar-refractivity contribution >= 4 is 0 Å². The molecule has 1 saturated heterocycles. The van der Waals surface area contributed by atoms with Crippen molar-refractivity contribution in [3.05, 3.63) is 35.9 Å². The molecule has 0 radical (unpaired) electrons. The number of rotatable bonds is 5. The first-order chi connectivity index (χ1) is 9.56. The van der Waals surface area contributed by atoms with Crippen LogP contribution in [0.15, 0.2) is 30.3 Å². The second-order valence-corrected chi connectivity index (χ2v) is 6.57. The van der Waals surface area contributed by atoms with Crippen molar-refractivity contribution in [2.75, 3.05) is 33.2 Å². The van der Waals surface area contributed by atoms with Crippen LogP contribution in [0.4, 0.5) is 0 Å². The fourth-order valence-corrected chi connectivity index (χ4v) is 3.15. The van der Waals surface area contributed by atoms with Gasteiger partial charge in [0, 0.05) is 38.3 Å². The van der Waals surface area contributed by atoms with Gasteiger partial charge in [0.05, 0.1) is 0 Å². The van der Waals surface area contributed by atoms with Crippen LogP contribution >= 0.6 is 0 Å². The lowest BCUT2D eigenvalue weighted by molar-refractivity contribution is 0.0823. The molecule has 0 aromatic heterocycles. The molecule has 1 heterocycles. The molecule has 0 bridgehead atoms. The molecule has 0 aliphatic carbocycles. The van der Waals surface area contributed by atoms with Gasteiger partial charge in [-0.15, -0.1) is 0 Å². The van der Waals surface area contributed by atoms with E-state index in [2.05, 4.69) is 61.0 Å². The zero-order valence-electron chi connectivity index (χ0n) is 13.1. The van der Waals surface area contributed by atoms with Crippen LogP contribution in [0.2, 0.25) is 0 Å². The van der Waals surface area contributed by atoms with Gasteiger partial charge in [-0.1, -0.05) is 44.2 Å². The average molecular weight is 275 g/mol. The monoisotopic (exact) mass is 275 g/mol. The molecule has 0 amide bonds. The molecular formula is C17H29N3. The first kappa shape index (κ1) is 15.5. The Labute approximate surface area is 123 Å². The zero-order chi connectivity index (χ0) is 14.5. The standard InChI is InChI=1S/C17H29N3/c1-14(2)11-16(18)12-20-10-9-19(3)13-17(20)15-7-5-4-6-8-15/h4-8,14,16-17H,9-13,18H2,1-3H3. The first-order valence-electron chi connectivity index (χ1n) is 7.79. The van der Waals surface area contributed by atoms with Gasteiger partial charge in [-0.3, -0.25) is 4.90 Å². The molecule has 1 aliphatic heterocycles. The Morgan fingerprint density at radius 2 is 1.90 bits per heavy atom. The van der Waals surface area contributed by atoms with E-state index in [1.807, 2.05) is 0 Å². The minimum absolute atomic E-state index is 0.282. The van der Waals surface area contributed by atoms with Crippen molar-refractivity contribution in [3.63, 3.8) is 0 Å². The van der Waals surface area contributed by atoms with Gasteiger partial charge >= 0.3 is 0 Å². The van der Waals surface area contributed by atoms with Crippen LogP contribution in [-0.4, -0.2) is 49.1 Å². The molecule has 3 heteroatoms. The van der Waals surface area contributed by atoms with Crippen LogP contribution < -0.4 is 5.73 Å². The summed E-state index contributed by atoms with van der Waals surface area (Å²) in [5, 5.41) is 0. The second-order valence-electron chi connectivity index (χ2n) is 6.57. The third-order valence-corrected chi connectivity index (χ3v) is 4.12. The molecule has 1 aromatic rings. The summed E-state index contributed by atoms with van der Waals surface area (Å²) in [6, 6.07) is 11.6. The van der Waals surface area contributed by atoms with Crippen LogP contribution in [0.5, 0.6) is 0 Å². The first-order valence-corrected chi connectivity index (χ1v) is 7.79. The number of hydrogen-bond acceptors (Lipinski definition) is 3. The highest BCUT2D eigenvalue weighted by Crippen LogP contribution is 2.25. The van der Waals surface area contributed by atoms with Crippen molar-refractivity contribution in [2.45, 2.75) is 32.4 Å². The van der Waals surface area contributed by atoms with E-state index >= 15 is 0 Å². The number of benzene rings is 1. The summed E-state index contributed by atoms with van der Waals surface area (Å²) in [6.07, 6.45) is 1.11. The summed E-state index contributed by atoms with van der Waals surface area (Å²) >= 11 is 0. The van der Waals surface area contributed by atoms with Crippen molar-refractivity contribution in [3.8, 4) is 0 Å². The van der Waals surface area contributed by atoms with E-state index in [1.165, 1.54) is 5.56 Å². The quantitative estimate of drug-likeness (QED) is 0.895. The predicted octanol–water partition coefficient (Wildman–Crippen LogP) is 2.35. The summed E-state index contributed by atoms with van der Waals surface area (Å²) < 4.78 is 0. The third kappa shape index (κ3) is 4.30. The van der Waals surface area contributed by atoms with Crippen LogP contribution in [0.25, 0.3) is 0 Å². The maximum atomic E-state index is 6.33. The minimum atomic E-state index is 0.282. The highest BCUT2D eigenvalue weighted by atomic mass is 15.3. The SMILES string of the molecule is CC(C)CC(N)CN1CCN(C)CC1c1ccccc1. The summed E-state index contributed by atoms with van der Waals surface area (Å²) in [4.78, 5) is 4.99. The van der Waals surface area contributed by atoms with Gasteiger partial charge < -0.3 is 10.6 Å². The van der Waals surface area contributed by atoms with E-state index in [1.54, 1.807) is 0 Å². The van der Waals surface area contributed by atoms with Crippen LogP contribution in [-0.2, 0) is 0 Å². The van der Waals surface area contributed by atoms with E-state index in [4.69, 9.17) is 5.73 Å². The van der Waals surface area contributed by atoms with E-state index in [9.17, 15) is 0 Å². The number of nitrogens with zero attached hydrogens (tertiary/aromatic N) is 2. The van der Waals surface area contributed by atoms with Gasteiger partial charge in [0.1, 0.15) is 0 Å². The van der Waals surface area contributed by atoms with Crippen LogP contribution in [0, 0.1) is 5.92 Å². The number of hydrogen-bond donors (Lipinski definition) is 1. The van der Waals surface area contributed by atoms with Crippen molar-refractivity contribution < 1.29 is 0 Å². The molecule has 112 valence electrons. The van der Waals surface area contributed by atoms with E-state index in [-0.39, 0.29) is 6.04 Å². The molecule has 2 N–H and O–H groups in total. The molecule has 1 fully saturated rings. The summed E-state index contributed by atoms with van der Waals surface area (Å²) in [5.41, 5.74) is 7.74. The molecule has 0 spiro atoms. The zero-order valence-corrected chi connectivity index (χ0v) is 13.1. The fourth-order valence-electron chi connectivity index (χ4n) is 3.15. The van der Waals surface area contributed by atoms with E-state index in [0.29, 0.717) is 12.0 Å². The van der Waals surface area contributed by atoms with Crippen molar-refractivity contribution in [2.24, 2.45) is 11.7 Å². The predicted molar refractivity (Wildman–Crippen MR) is 85.7 cm³/mol. The molecule has 1 aliphatic rings. The van der Waals surface area contributed by atoms with E-state index in [0.717, 1.165) is 32.6 Å². The Kier molecular flexibility index (Phi) is 5.58. The Bertz CT molecular complexity index is 390. The fraction of sp³-hybridized carbons (Fsp3) is 0.647. The maximum Gasteiger partial charge on any atom is 0.0476 e. The normalized spacial score (nSPS) is 23.1. The van der Waals surface area contributed by atoms with Gasteiger partial charge in [0.15, 0.2) is 0 Å². The lowest BCUT2D eigenvalue weighted by Crippen LogP contribution is -2.50. The Hall–Kier alpha value is -0.900. The smallest absolute Gasteiger partial charge is 0.0476 e. The molecule has 1 aromatic carbocycles. The molecule has 20 heavy (non-hydrogen) atoms. The second kappa shape index (κ2) is 7.21. The highest BCUT2D eigenvalue weighted by molar-refractivity contribution is 5.20. The maximum absolute atomic E-state index is 6.33. The minimum Gasteiger partial charge on any atom is -0.327 e. The highest BCUT2D eigenvalue weighted by Gasteiger charge is 2.27. The summed E-state index contributed by atoms with van der Waals surface area (Å²) in [5.74, 6) is 0.674. The molecule has 2 unspecified atom stereocenters. The average Bonchev–Trinajstić information content (AvgIpc) is 2.41. The summed E-state index contributed by atoms with van der Waals surface area (Å²) in [6.45, 7) is 8.85. The van der Waals surface area contributed by atoms with Crippen molar-refractivity contribution in [1.82, 2.24) is 9.80 Å². The number of piperazine rings is 1. The molecule has 0 saturated carbocycles. The lowest BCUT2D eigenvalue weighted by atomic mass is 9.99. The number of nitrogens with two attached hydrogens (primary N) is 1. The molecule has 2 rings (SSSR count). The van der Waals surface area contributed by atoms with Crippen LogP contribution in [0.3, 0.4) is 0 Å². The topological polar surface area (TPSA) is 32.5 Å². The largest absolute Gasteiger partial charge is 0.327 e. The van der Waals surface area contributed by atoms with Gasteiger partial charge in [-0.2, -0.15) is 0 Å². The van der Waals surface area contributed by atoms with Gasteiger partial charge in [0.25, 0.3) is 0 Å². The van der Waals surface area contributed by atoms with E-state index < -0.39 is 0 Å². The van der Waals surface area contributed by atoms with Gasteiger partial charge in [-0.25, -0.2) is 0 Å². The molecule has 2 atom stereocenters. The van der Waals surface area contributed by atoms with Gasteiger partial charge in [0.2, 0.25) is 0 Å².